The first-order valence-electron chi connectivity index (χ1n) is 8.60. The standard InChI is InChI=1S/C20H23N3O2/c1-15-6-5-9-18(14-15)22-20(25)23-12-10-17(11-13-23)21-19(24)16-7-3-2-4-8-16/h2-9,14,17H,10-13H2,1H3,(H,21,24)(H,22,25). The van der Waals surface area contributed by atoms with E-state index in [4.69, 9.17) is 0 Å². The summed E-state index contributed by atoms with van der Waals surface area (Å²) in [6.07, 6.45) is 1.53. The van der Waals surface area contributed by atoms with Gasteiger partial charge in [-0.3, -0.25) is 4.79 Å². The minimum absolute atomic E-state index is 0.0525. The van der Waals surface area contributed by atoms with Gasteiger partial charge in [0.1, 0.15) is 0 Å². The van der Waals surface area contributed by atoms with E-state index in [-0.39, 0.29) is 18.0 Å². The zero-order valence-electron chi connectivity index (χ0n) is 14.4. The molecule has 0 spiro atoms. The summed E-state index contributed by atoms with van der Waals surface area (Å²) < 4.78 is 0. The average molecular weight is 337 g/mol. The van der Waals surface area contributed by atoms with Crippen LogP contribution in [0.15, 0.2) is 54.6 Å². The molecular weight excluding hydrogens is 314 g/mol. The zero-order chi connectivity index (χ0) is 17.6. The minimum atomic E-state index is -0.0848. The number of nitrogens with one attached hydrogen (secondary N) is 2. The first-order valence-corrected chi connectivity index (χ1v) is 8.60. The summed E-state index contributed by atoms with van der Waals surface area (Å²) in [7, 11) is 0. The van der Waals surface area contributed by atoms with Gasteiger partial charge >= 0.3 is 6.03 Å². The van der Waals surface area contributed by atoms with Crippen molar-refractivity contribution in [2.45, 2.75) is 25.8 Å². The van der Waals surface area contributed by atoms with Gasteiger partial charge in [0.15, 0.2) is 0 Å². The number of likely N-dealkylation sites (tertiary alicyclic amines) is 1. The van der Waals surface area contributed by atoms with E-state index in [1.165, 1.54) is 0 Å². The molecule has 2 aromatic rings. The van der Waals surface area contributed by atoms with Crippen LogP contribution in [0, 0.1) is 6.92 Å². The molecule has 1 heterocycles. The van der Waals surface area contributed by atoms with E-state index >= 15 is 0 Å². The quantitative estimate of drug-likeness (QED) is 0.901. The van der Waals surface area contributed by atoms with Crippen LogP contribution in [-0.2, 0) is 0 Å². The number of aryl methyl sites for hydroxylation is 1. The van der Waals surface area contributed by atoms with E-state index < -0.39 is 0 Å². The molecular formula is C20H23N3O2. The maximum absolute atomic E-state index is 12.4. The molecule has 0 unspecified atom stereocenters. The summed E-state index contributed by atoms with van der Waals surface area (Å²) in [5, 5.41) is 5.99. The van der Waals surface area contributed by atoms with E-state index in [0.717, 1.165) is 24.1 Å². The van der Waals surface area contributed by atoms with Crippen molar-refractivity contribution in [3.8, 4) is 0 Å². The van der Waals surface area contributed by atoms with E-state index in [1.807, 2.05) is 49.4 Å². The third-order valence-electron chi connectivity index (χ3n) is 4.42. The molecule has 1 saturated heterocycles. The number of amides is 3. The van der Waals surface area contributed by atoms with Gasteiger partial charge in [-0.15, -0.1) is 0 Å². The fourth-order valence-electron chi connectivity index (χ4n) is 3.01. The second-order valence-electron chi connectivity index (χ2n) is 6.40. The molecule has 0 aliphatic carbocycles. The third kappa shape index (κ3) is 4.59. The highest BCUT2D eigenvalue weighted by Crippen LogP contribution is 2.15. The van der Waals surface area contributed by atoms with E-state index in [2.05, 4.69) is 10.6 Å². The van der Waals surface area contributed by atoms with Gasteiger partial charge < -0.3 is 15.5 Å². The van der Waals surface area contributed by atoms with Gasteiger partial charge in [0, 0.05) is 30.4 Å². The number of carbonyl (C=O) groups excluding carboxylic acids is 2. The molecule has 3 rings (SSSR count). The zero-order valence-corrected chi connectivity index (χ0v) is 14.4. The van der Waals surface area contributed by atoms with Crippen LogP contribution in [0.25, 0.3) is 0 Å². The minimum Gasteiger partial charge on any atom is -0.349 e. The lowest BCUT2D eigenvalue weighted by Crippen LogP contribution is -2.47. The largest absolute Gasteiger partial charge is 0.349 e. The van der Waals surface area contributed by atoms with Crippen LogP contribution in [0.3, 0.4) is 0 Å². The highest BCUT2D eigenvalue weighted by Gasteiger charge is 2.24. The number of urea groups is 1. The molecule has 5 nitrogen and oxygen atoms in total. The summed E-state index contributed by atoms with van der Waals surface area (Å²) in [6, 6.07) is 17.0. The average Bonchev–Trinajstić information content (AvgIpc) is 2.63. The molecule has 0 atom stereocenters. The highest BCUT2D eigenvalue weighted by atomic mass is 16.2. The molecule has 2 aromatic carbocycles. The molecule has 1 aliphatic heterocycles. The summed E-state index contributed by atoms with van der Waals surface area (Å²) >= 11 is 0. The number of anilines is 1. The SMILES string of the molecule is Cc1cccc(NC(=O)N2CCC(NC(=O)c3ccccc3)CC2)c1. The molecule has 0 bridgehead atoms. The van der Waals surface area contributed by atoms with Crippen molar-refractivity contribution >= 4 is 17.6 Å². The number of rotatable bonds is 3. The van der Waals surface area contributed by atoms with Gasteiger partial charge in [-0.2, -0.15) is 0 Å². The van der Waals surface area contributed by atoms with Crippen LogP contribution in [0.5, 0.6) is 0 Å². The van der Waals surface area contributed by atoms with E-state index in [0.29, 0.717) is 18.7 Å². The first-order chi connectivity index (χ1) is 12.1. The number of nitrogens with zero attached hydrogens (tertiary/aromatic N) is 1. The maximum atomic E-state index is 12.4. The Morgan fingerprint density at radius 3 is 2.40 bits per heavy atom. The van der Waals surface area contributed by atoms with Crippen LogP contribution < -0.4 is 10.6 Å². The highest BCUT2D eigenvalue weighted by molar-refractivity contribution is 5.94. The Kier molecular flexibility index (Phi) is 5.33. The van der Waals surface area contributed by atoms with Crippen LogP contribution in [0.1, 0.15) is 28.8 Å². The van der Waals surface area contributed by atoms with E-state index in [9.17, 15) is 9.59 Å². The predicted molar refractivity (Wildman–Crippen MR) is 98.7 cm³/mol. The van der Waals surface area contributed by atoms with Gasteiger partial charge in [-0.25, -0.2) is 4.79 Å². The molecule has 3 amide bonds. The predicted octanol–water partition coefficient (Wildman–Crippen LogP) is 3.42. The molecule has 1 fully saturated rings. The van der Waals surface area contributed by atoms with Gasteiger partial charge in [-0.05, 0) is 49.6 Å². The van der Waals surface area contributed by atoms with Crippen molar-refractivity contribution in [1.29, 1.82) is 0 Å². The Morgan fingerprint density at radius 1 is 1.00 bits per heavy atom. The molecule has 0 saturated carbocycles. The lowest BCUT2D eigenvalue weighted by Gasteiger charge is -2.32. The first kappa shape index (κ1) is 17.0. The lowest BCUT2D eigenvalue weighted by atomic mass is 10.0. The number of carbonyl (C=O) groups is 2. The second-order valence-corrected chi connectivity index (χ2v) is 6.40. The van der Waals surface area contributed by atoms with Gasteiger partial charge in [0.05, 0.1) is 0 Å². The number of piperidine rings is 1. The fraction of sp³-hybridized carbons (Fsp3) is 0.300. The Hall–Kier alpha value is -2.82. The summed E-state index contributed by atoms with van der Waals surface area (Å²) in [5.74, 6) is -0.0525. The van der Waals surface area contributed by atoms with Crippen LogP contribution in [0.2, 0.25) is 0 Å². The van der Waals surface area contributed by atoms with Crippen molar-refractivity contribution in [2.75, 3.05) is 18.4 Å². The smallest absolute Gasteiger partial charge is 0.321 e. The normalized spacial score (nSPS) is 14.8. The Labute approximate surface area is 148 Å². The Bertz CT molecular complexity index is 738. The van der Waals surface area contributed by atoms with E-state index in [1.54, 1.807) is 17.0 Å². The summed E-state index contributed by atoms with van der Waals surface area (Å²) in [5.41, 5.74) is 2.59. The van der Waals surface area contributed by atoms with Crippen molar-refractivity contribution < 1.29 is 9.59 Å². The molecule has 1 aliphatic rings. The number of benzene rings is 2. The van der Waals surface area contributed by atoms with Crippen molar-refractivity contribution in [1.82, 2.24) is 10.2 Å². The number of hydrogen-bond acceptors (Lipinski definition) is 2. The summed E-state index contributed by atoms with van der Waals surface area (Å²) in [6.45, 7) is 3.27. The fourth-order valence-corrected chi connectivity index (χ4v) is 3.01. The van der Waals surface area contributed by atoms with Crippen molar-refractivity contribution in [2.24, 2.45) is 0 Å². The second kappa shape index (κ2) is 7.83. The third-order valence-corrected chi connectivity index (χ3v) is 4.42. The van der Waals surface area contributed by atoms with Gasteiger partial charge in [0.2, 0.25) is 0 Å². The molecule has 0 radical (unpaired) electrons. The van der Waals surface area contributed by atoms with Gasteiger partial charge in [0.25, 0.3) is 5.91 Å². The Balaban J connectivity index is 1.48. The number of hydrogen-bond donors (Lipinski definition) is 2. The van der Waals surface area contributed by atoms with Crippen LogP contribution >= 0.6 is 0 Å². The molecule has 5 heteroatoms. The monoisotopic (exact) mass is 337 g/mol. The molecule has 2 N–H and O–H groups in total. The van der Waals surface area contributed by atoms with Gasteiger partial charge in [-0.1, -0.05) is 30.3 Å². The molecule has 0 aromatic heterocycles. The molecule has 25 heavy (non-hydrogen) atoms. The maximum Gasteiger partial charge on any atom is 0.321 e. The van der Waals surface area contributed by atoms with Crippen LogP contribution in [0.4, 0.5) is 10.5 Å². The lowest BCUT2D eigenvalue weighted by molar-refractivity contribution is 0.0919. The Morgan fingerprint density at radius 2 is 1.72 bits per heavy atom. The summed E-state index contributed by atoms with van der Waals surface area (Å²) in [4.78, 5) is 26.4. The van der Waals surface area contributed by atoms with Crippen LogP contribution in [-0.4, -0.2) is 36.0 Å². The van der Waals surface area contributed by atoms with Crippen molar-refractivity contribution in [3.63, 3.8) is 0 Å². The molecule has 130 valence electrons. The van der Waals surface area contributed by atoms with Crippen molar-refractivity contribution in [3.05, 3.63) is 65.7 Å². The topological polar surface area (TPSA) is 61.4 Å².